The molecule has 26 heavy (non-hydrogen) atoms. The van der Waals surface area contributed by atoms with Crippen molar-refractivity contribution >= 4 is 29.2 Å². The number of carbonyl (C=O) groups excluding carboxylic acids is 1. The largest absolute Gasteiger partial charge is 0.486 e. The van der Waals surface area contributed by atoms with Gasteiger partial charge in [-0.05, 0) is 35.9 Å². The first-order valence-electron chi connectivity index (χ1n) is 8.04. The quantitative estimate of drug-likeness (QED) is 0.714. The minimum absolute atomic E-state index is 0.247. The number of nitrogens with zero attached hydrogens (tertiary/aromatic N) is 3. The van der Waals surface area contributed by atoms with Gasteiger partial charge in [-0.3, -0.25) is 9.20 Å². The normalized spacial score (nSPS) is 13.3. The van der Waals surface area contributed by atoms with Crippen molar-refractivity contribution < 1.29 is 14.3 Å². The fraction of sp³-hybridized carbons (Fsp3) is 0.167. The van der Waals surface area contributed by atoms with Gasteiger partial charge in [0, 0.05) is 12.3 Å². The highest BCUT2D eigenvalue weighted by molar-refractivity contribution is 6.32. The summed E-state index contributed by atoms with van der Waals surface area (Å²) >= 11 is 6.19. The molecule has 1 aliphatic heterocycles. The molecule has 1 aromatic carbocycles. The lowest BCUT2D eigenvalue weighted by Gasteiger charge is -2.19. The van der Waals surface area contributed by atoms with E-state index in [1.807, 2.05) is 28.8 Å². The number of hydrogen-bond acceptors (Lipinski definition) is 5. The summed E-state index contributed by atoms with van der Waals surface area (Å²) in [7, 11) is 0. The van der Waals surface area contributed by atoms with E-state index in [4.69, 9.17) is 21.1 Å². The highest BCUT2D eigenvalue weighted by atomic mass is 35.5. The predicted molar refractivity (Wildman–Crippen MR) is 96.3 cm³/mol. The Morgan fingerprint density at radius 2 is 2.15 bits per heavy atom. The molecule has 8 heteroatoms. The second-order valence-electron chi connectivity index (χ2n) is 5.62. The van der Waals surface area contributed by atoms with E-state index in [1.54, 1.807) is 18.2 Å². The number of hydrogen-bond donors (Lipinski definition) is 1. The smallest absolute Gasteiger partial charge is 0.244 e. The number of ether oxygens (including phenoxy) is 2. The van der Waals surface area contributed by atoms with Gasteiger partial charge in [0.15, 0.2) is 23.0 Å². The van der Waals surface area contributed by atoms with Crippen LogP contribution in [0.2, 0.25) is 5.02 Å². The average molecular weight is 371 g/mol. The highest BCUT2D eigenvalue weighted by Crippen LogP contribution is 2.38. The lowest BCUT2D eigenvalue weighted by Crippen LogP contribution is -2.21. The monoisotopic (exact) mass is 370 g/mol. The van der Waals surface area contributed by atoms with E-state index in [-0.39, 0.29) is 12.5 Å². The molecule has 0 atom stereocenters. The van der Waals surface area contributed by atoms with Crippen LogP contribution in [0.1, 0.15) is 11.4 Å². The molecule has 0 bridgehead atoms. The van der Waals surface area contributed by atoms with Gasteiger partial charge in [0.25, 0.3) is 0 Å². The van der Waals surface area contributed by atoms with Gasteiger partial charge in [0.2, 0.25) is 5.91 Å². The molecular weight excluding hydrogens is 356 g/mol. The summed E-state index contributed by atoms with van der Waals surface area (Å²) in [5.74, 6) is 1.53. The van der Waals surface area contributed by atoms with Crippen LogP contribution in [-0.4, -0.2) is 33.7 Å². The number of fused-ring (bicyclic) bond motifs is 2. The Labute approximate surface area is 154 Å². The second kappa shape index (κ2) is 7.05. The molecule has 0 unspecified atom stereocenters. The molecule has 3 heterocycles. The first-order valence-corrected chi connectivity index (χ1v) is 8.42. The van der Waals surface area contributed by atoms with Crippen LogP contribution in [0.25, 0.3) is 11.7 Å². The summed E-state index contributed by atoms with van der Waals surface area (Å²) in [4.78, 5) is 12.1. The molecule has 0 fully saturated rings. The van der Waals surface area contributed by atoms with Crippen molar-refractivity contribution in [3.8, 4) is 11.5 Å². The number of amides is 1. The molecule has 2 aromatic heterocycles. The molecule has 1 N–H and O–H groups in total. The van der Waals surface area contributed by atoms with Crippen LogP contribution in [0.15, 0.2) is 42.6 Å². The Bertz CT molecular complexity index is 999. The number of halogens is 1. The van der Waals surface area contributed by atoms with E-state index in [9.17, 15) is 4.79 Å². The van der Waals surface area contributed by atoms with E-state index in [0.29, 0.717) is 35.6 Å². The minimum atomic E-state index is -0.247. The molecule has 0 spiro atoms. The number of carbonyl (C=O) groups is 1. The molecule has 3 aromatic rings. The van der Waals surface area contributed by atoms with Crippen LogP contribution >= 0.6 is 11.6 Å². The van der Waals surface area contributed by atoms with E-state index < -0.39 is 0 Å². The van der Waals surface area contributed by atoms with E-state index in [1.165, 1.54) is 6.08 Å². The Balaban J connectivity index is 1.42. The fourth-order valence-corrected chi connectivity index (χ4v) is 2.91. The van der Waals surface area contributed by atoms with Gasteiger partial charge in [0.1, 0.15) is 13.2 Å². The van der Waals surface area contributed by atoms with Crippen molar-refractivity contribution in [1.82, 2.24) is 19.9 Å². The Morgan fingerprint density at radius 3 is 3.08 bits per heavy atom. The molecule has 0 radical (unpaired) electrons. The minimum Gasteiger partial charge on any atom is -0.486 e. The second-order valence-corrected chi connectivity index (χ2v) is 6.03. The predicted octanol–water partition coefficient (Wildman–Crippen LogP) is 2.48. The third-order valence-corrected chi connectivity index (χ3v) is 4.13. The number of pyridine rings is 1. The van der Waals surface area contributed by atoms with Crippen molar-refractivity contribution in [2.45, 2.75) is 6.54 Å². The molecule has 7 nitrogen and oxygen atoms in total. The van der Waals surface area contributed by atoms with Crippen LogP contribution in [0.3, 0.4) is 0 Å². The van der Waals surface area contributed by atoms with Crippen molar-refractivity contribution in [1.29, 1.82) is 0 Å². The van der Waals surface area contributed by atoms with Crippen LogP contribution in [0.5, 0.6) is 11.5 Å². The molecule has 0 aliphatic carbocycles. The van der Waals surface area contributed by atoms with Gasteiger partial charge in [-0.1, -0.05) is 17.7 Å². The van der Waals surface area contributed by atoms with Crippen LogP contribution in [0, 0.1) is 0 Å². The van der Waals surface area contributed by atoms with Crippen LogP contribution in [0.4, 0.5) is 0 Å². The third kappa shape index (κ3) is 3.34. The maximum absolute atomic E-state index is 12.1. The molecule has 132 valence electrons. The number of nitrogens with one attached hydrogen (secondary N) is 1. The van der Waals surface area contributed by atoms with Crippen molar-refractivity contribution in [2.75, 3.05) is 13.2 Å². The van der Waals surface area contributed by atoms with E-state index >= 15 is 0 Å². The molecule has 1 amide bonds. The number of aromatic nitrogens is 3. The Kier molecular flexibility index (Phi) is 4.45. The van der Waals surface area contributed by atoms with Gasteiger partial charge in [0.05, 0.1) is 11.6 Å². The Morgan fingerprint density at radius 1 is 1.27 bits per heavy atom. The maximum atomic E-state index is 12.1. The SMILES string of the molecule is O=C(/C=C/c1cc(Cl)c2c(c1)OCCO2)NCc1nnc2ccccn12. The van der Waals surface area contributed by atoms with Gasteiger partial charge in [-0.25, -0.2) is 0 Å². The third-order valence-electron chi connectivity index (χ3n) is 3.85. The number of benzene rings is 1. The zero-order chi connectivity index (χ0) is 17.9. The van der Waals surface area contributed by atoms with Crippen LogP contribution in [-0.2, 0) is 11.3 Å². The van der Waals surface area contributed by atoms with E-state index in [0.717, 1.165) is 11.2 Å². The summed E-state index contributed by atoms with van der Waals surface area (Å²) < 4.78 is 12.8. The summed E-state index contributed by atoms with van der Waals surface area (Å²) in [5.41, 5.74) is 1.49. The fourth-order valence-electron chi connectivity index (χ4n) is 2.64. The molecular formula is C18H15ClN4O3. The highest BCUT2D eigenvalue weighted by Gasteiger charge is 2.16. The van der Waals surface area contributed by atoms with Gasteiger partial charge in [-0.2, -0.15) is 0 Å². The maximum Gasteiger partial charge on any atom is 0.244 e. The summed E-state index contributed by atoms with van der Waals surface area (Å²) in [6.45, 7) is 1.22. The molecule has 0 saturated heterocycles. The molecule has 4 rings (SSSR count). The zero-order valence-corrected chi connectivity index (χ0v) is 14.4. The lowest BCUT2D eigenvalue weighted by molar-refractivity contribution is -0.116. The van der Waals surface area contributed by atoms with Gasteiger partial charge in [-0.15, -0.1) is 10.2 Å². The van der Waals surface area contributed by atoms with Crippen LogP contribution < -0.4 is 14.8 Å². The lowest BCUT2D eigenvalue weighted by atomic mass is 10.1. The standard InChI is InChI=1S/C18H15ClN4O3/c19-13-9-12(10-14-18(13)26-8-7-25-14)4-5-17(24)20-11-16-22-21-15-3-1-2-6-23(15)16/h1-6,9-10H,7-8,11H2,(H,20,24)/b5-4+. The summed E-state index contributed by atoms with van der Waals surface area (Å²) in [6, 6.07) is 9.13. The first kappa shape index (κ1) is 16.4. The molecule has 1 aliphatic rings. The first-order chi connectivity index (χ1) is 12.7. The van der Waals surface area contributed by atoms with E-state index in [2.05, 4.69) is 15.5 Å². The number of rotatable bonds is 4. The topological polar surface area (TPSA) is 77.8 Å². The van der Waals surface area contributed by atoms with Crippen molar-refractivity contribution in [3.05, 3.63) is 59.0 Å². The van der Waals surface area contributed by atoms with Crippen molar-refractivity contribution in [3.63, 3.8) is 0 Å². The Hall–Kier alpha value is -3.06. The molecule has 0 saturated carbocycles. The van der Waals surface area contributed by atoms with Gasteiger partial charge < -0.3 is 14.8 Å². The summed E-state index contributed by atoms with van der Waals surface area (Å²) in [6.07, 6.45) is 4.95. The summed E-state index contributed by atoms with van der Waals surface area (Å²) in [5, 5.41) is 11.4. The van der Waals surface area contributed by atoms with Crippen molar-refractivity contribution in [2.24, 2.45) is 0 Å². The van der Waals surface area contributed by atoms with Gasteiger partial charge >= 0.3 is 0 Å². The average Bonchev–Trinajstić information content (AvgIpc) is 3.08. The zero-order valence-electron chi connectivity index (χ0n) is 13.7.